The molecule has 1 fully saturated rings. The van der Waals surface area contributed by atoms with E-state index in [1.807, 2.05) is 30.3 Å². The van der Waals surface area contributed by atoms with E-state index in [1.54, 1.807) is 14.0 Å². The van der Waals surface area contributed by atoms with E-state index >= 15 is 0 Å². The number of benzene rings is 1. The van der Waals surface area contributed by atoms with Gasteiger partial charge >= 0.3 is 0 Å². The predicted octanol–water partition coefficient (Wildman–Crippen LogP) is 2.11. The summed E-state index contributed by atoms with van der Waals surface area (Å²) in [6, 6.07) is 10.0. The number of amides is 1. The van der Waals surface area contributed by atoms with Crippen LogP contribution in [0.15, 0.2) is 30.3 Å². The van der Waals surface area contributed by atoms with E-state index in [9.17, 15) is 4.79 Å². The summed E-state index contributed by atoms with van der Waals surface area (Å²) in [6.07, 6.45) is 0.522. The second-order valence-electron chi connectivity index (χ2n) is 8.23. The number of methoxy groups -OCH3 is 1. The number of ether oxygens (including phenoxy) is 1. The van der Waals surface area contributed by atoms with Crippen molar-refractivity contribution in [2.75, 3.05) is 31.6 Å². The summed E-state index contributed by atoms with van der Waals surface area (Å²) < 4.78 is 5.79. The standard InChI is InChI=1S/C22H33N5O2/c1-14(2)12-24-19-9-10-27(13-20(19)29-4)21-17(22(28)25-15(3)23)11-16-7-5-6-8-18(16)26-21/h5-8,11,14-15,19-20,24H,9-10,12-13,23H2,1-4H3,(H,25,28). The van der Waals surface area contributed by atoms with Crippen LogP contribution in [0.5, 0.6) is 0 Å². The first-order chi connectivity index (χ1) is 13.9. The molecule has 3 unspecified atom stereocenters. The molecule has 0 saturated carbocycles. The Morgan fingerprint density at radius 1 is 1.34 bits per heavy atom. The lowest BCUT2D eigenvalue weighted by Crippen LogP contribution is -2.54. The normalized spacial score (nSPS) is 20.8. The number of piperidine rings is 1. The Morgan fingerprint density at radius 2 is 2.10 bits per heavy atom. The van der Waals surface area contributed by atoms with Gasteiger partial charge in [-0.3, -0.25) is 4.79 Å². The molecule has 1 aliphatic rings. The monoisotopic (exact) mass is 399 g/mol. The molecule has 1 aliphatic heterocycles. The Morgan fingerprint density at radius 3 is 2.79 bits per heavy atom. The Labute approximate surface area is 173 Å². The first-order valence-corrected chi connectivity index (χ1v) is 10.4. The molecule has 2 aromatic rings. The molecule has 3 rings (SSSR count). The molecule has 158 valence electrons. The van der Waals surface area contributed by atoms with Crippen molar-refractivity contribution in [2.45, 2.75) is 45.5 Å². The van der Waals surface area contributed by atoms with Crippen LogP contribution in [0.25, 0.3) is 10.9 Å². The number of rotatable bonds is 7. The number of para-hydroxylation sites is 1. The molecule has 0 spiro atoms. The quantitative estimate of drug-likeness (QED) is 0.618. The SMILES string of the molecule is COC1CN(c2nc3ccccc3cc2C(=O)NC(C)N)CCC1NCC(C)C. The van der Waals surface area contributed by atoms with Gasteiger partial charge in [-0.2, -0.15) is 0 Å². The summed E-state index contributed by atoms with van der Waals surface area (Å²) in [6.45, 7) is 8.59. The summed E-state index contributed by atoms with van der Waals surface area (Å²) in [5.74, 6) is 1.06. The summed E-state index contributed by atoms with van der Waals surface area (Å²) in [4.78, 5) is 19.9. The van der Waals surface area contributed by atoms with Gasteiger partial charge in [0.1, 0.15) is 5.82 Å². The van der Waals surface area contributed by atoms with Gasteiger partial charge in [-0.15, -0.1) is 0 Å². The Balaban J connectivity index is 1.90. The van der Waals surface area contributed by atoms with Gasteiger partial charge in [-0.05, 0) is 37.9 Å². The van der Waals surface area contributed by atoms with Crippen molar-refractivity contribution in [3.8, 4) is 0 Å². The van der Waals surface area contributed by atoms with Crippen molar-refractivity contribution in [1.29, 1.82) is 0 Å². The zero-order valence-electron chi connectivity index (χ0n) is 17.8. The van der Waals surface area contributed by atoms with E-state index in [2.05, 4.69) is 29.4 Å². The largest absolute Gasteiger partial charge is 0.378 e. The van der Waals surface area contributed by atoms with Crippen LogP contribution < -0.4 is 21.3 Å². The van der Waals surface area contributed by atoms with Crippen LogP contribution in [-0.2, 0) is 4.74 Å². The minimum Gasteiger partial charge on any atom is -0.378 e. The molecule has 3 atom stereocenters. The minimum atomic E-state index is -0.431. The smallest absolute Gasteiger partial charge is 0.256 e. The number of anilines is 1. The Kier molecular flexibility index (Phi) is 7.05. The minimum absolute atomic E-state index is 0.0279. The van der Waals surface area contributed by atoms with Crippen LogP contribution in [-0.4, -0.2) is 55.9 Å². The number of aromatic nitrogens is 1. The lowest BCUT2D eigenvalue weighted by molar-refractivity contribution is 0.0588. The third-order valence-corrected chi connectivity index (χ3v) is 5.26. The summed E-state index contributed by atoms with van der Waals surface area (Å²) >= 11 is 0. The van der Waals surface area contributed by atoms with Gasteiger partial charge in [0.15, 0.2) is 0 Å². The van der Waals surface area contributed by atoms with Gasteiger partial charge in [0.2, 0.25) is 0 Å². The summed E-state index contributed by atoms with van der Waals surface area (Å²) in [5, 5.41) is 7.35. The van der Waals surface area contributed by atoms with Crippen molar-refractivity contribution in [3.63, 3.8) is 0 Å². The second kappa shape index (κ2) is 9.52. The maximum atomic E-state index is 12.9. The van der Waals surface area contributed by atoms with Gasteiger partial charge in [0, 0.05) is 31.6 Å². The molecule has 2 heterocycles. The van der Waals surface area contributed by atoms with Crippen molar-refractivity contribution < 1.29 is 9.53 Å². The van der Waals surface area contributed by atoms with Crippen LogP contribution in [0.1, 0.15) is 37.6 Å². The van der Waals surface area contributed by atoms with Gasteiger partial charge in [0.05, 0.1) is 23.3 Å². The van der Waals surface area contributed by atoms with Crippen LogP contribution in [0, 0.1) is 5.92 Å². The molecule has 0 aliphatic carbocycles. The van der Waals surface area contributed by atoms with Crippen molar-refractivity contribution in [1.82, 2.24) is 15.6 Å². The van der Waals surface area contributed by atoms with E-state index in [1.165, 1.54) is 0 Å². The number of carbonyl (C=O) groups is 1. The molecule has 1 aromatic heterocycles. The molecule has 0 radical (unpaired) electrons. The van der Waals surface area contributed by atoms with Crippen LogP contribution in [0.3, 0.4) is 0 Å². The fraction of sp³-hybridized carbons (Fsp3) is 0.545. The Hall–Kier alpha value is -2.22. The molecule has 1 saturated heterocycles. The van der Waals surface area contributed by atoms with E-state index in [4.69, 9.17) is 15.5 Å². The molecular weight excluding hydrogens is 366 g/mol. The molecular formula is C22H33N5O2. The molecule has 1 aromatic carbocycles. The number of nitrogens with two attached hydrogens (primary N) is 1. The third kappa shape index (κ3) is 5.23. The number of hydrogen-bond donors (Lipinski definition) is 3. The highest BCUT2D eigenvalue weighted by Gasteiger charge is 2.31. The summed E-state index contributed by atoms with van der Waals surface area (Å²) in [7, 11) is 1.75. The number of nitrogens with zero attached hydrogens (tertiary/aromatic N) is 2. The average Bonchev–Trinajstić information content (AvgIpc) is 2.70. The zero-order chi connectivity index (χ0) is 21.0. The van der Waals surface area contributed by atoms with Crippen LogP contribution in [0.2, 0.25) is 0 Å². The topological polar surface area (TPSA) is 92.5 Å². The molecule has 7 nitrogen and oxygen atoms in total. The number of hydrogen-bond acceptors (Lipinski definition) is 6. The highest BCUT2D eigenvalue weighted by atomic mass is 16.5. The maximum Gasteiger partial charge on any atom is 0.256 e. The predicted molar refractivity (Wildman–Crippen MR) is 117 cm³/mol. The lowest BCUT2D eigenvalue weighted by Gasteiger charge is -2.39. The van der Waals surface area contributed by atoms with E-state index in [0.29, 0.717) is 29.9 Å². The van der Waals surface area contributed by atoms with Gasteiger partial charge in [-0.1, -0.05) is 32.0 Å². The highest BCUT2D eigenvalue weighted by Crippen LogP contribution is 2.27. The fourth-order valence-electron chi connectivity index (χ4n) is 3.77. The molecule has 29 heavy (non-hydrogen) atoms. The van der Waals surface area contributed by atoms with Crippen molar-refractivity contribution >= 4 is 22.6 Å². The number of nitrogens with one attached hydrogen (secondary N) is 2. The van der Waals surface area contributed by atoms with Crippen LogP contribution >= 0.6 is 0 Å². The lowest BCUT2D eigenvalue weighted by atomic mass is 10.00. The number of carbonyl (C=O) groups excluding carboxylic acids is 1. The maximum absolute atomic E-state index is 12.9. The average molecular weight is 400 g/mol. The highest BCUT2D eigenvalue weighted by molar-refractivity contribution is 6.02. The Bertz CT molecular complexity index is 839. The van der Waals surface area contributed by atoms with Crippen molar-refractivity contribution in [3.05, 3.63) is 35.9 Å². The first-order valence-electron chi connectivity index (χ1n) is 10.4. The molecule has 1 amide bonds. The van der Waals surface area contributed by atoms with E-state index in [-0.39, 0.29) is 12.0 Å². The van der Waals surface area contributed by atoms with Crippen LogP contribution in [0.4, 0.5) is 5.82 Å². The van der Waals surface area contributed by atoms with Gasteiger partial charge < -0.3 is 26.0 Å². The van der Waals surface area contributed by atoms with E-state index in [0.717, 1.165) is 30.4 Å². The molecule has 0 bridgehead atoms. The van der Waals surface area contributed by atoms with E-state index < -0.39 is 6.17 Å². The fourth-order valence-corrected chi connectivity index (χ4v) is 3.77. The zero-order valence-corrected chi connectivity index (χ0v) is 17.8. The van der Waals surface area contributed by atoms with Gasteiger partial charge in [-0.25, -0.2) is 4.98 Å². The molecule has 4 N–H and O–H groups in total. The first kappa shape index (κ1) is 21.5. The molecule has 7 heteroatoms. The van der Waals surface area contributed by atoms with Gasteiger partial charge in [0.25, 0.3) is 5.91 Å². The number of pyridine rings is 1. The second-order valence-corrected chi connectivity index (χ2v) is 8.23. The third-order valence-electron chi connectivity index (χ3n) is 5.26. The van der Waals surface area contributed by atoms with Crippen molar-refractivity contribution in [2.24, 2.45) is 11.7 Å². The summed E-state index contributed by atoms with van der Waals surface area (Å²) in [5.41, 5.74) is 7.21. The number of fused-ring (bicyclic) bond motifs is 1.